The highest BCUT2D eigenvalue weighted by Gasteiger charge is 2.23. The second-order valence-corrected chi connectivity index (χ2v) is 4.23. The number of amides is 1. The van der Waals surface area contributed by atoms with Gasteiger partial charge in [0, 0.05) is 20.5 Å². The molecule has 0 aliphatic carbocycles. The summed E-state index contributed by atoms with van der Waals surface area (Å²) in [5.41, 5.74) is 1.08. The zero-order valence-electron chi connectivity index (χ0n) is 10.4. The first-order chi connectivity index (χ1) is 8.68. The number of likely N-dealkylation sites (N-methyl/N-ethyl adjacent to an activating group) is 1. The molecule has 18 heavy (non-hydrogen) atoms. The molecule has 0 spiro atoms. The van der Waals surface area contributed by atoms with E-state index in [0.717, 1.165) is 5.56 Å². The minimum atomic E-state index is -0.405. The first kappa shape index (κ1) is 12.2. The molecule has 1 aromatic carbocycles. The monoisotopic (exact) mass is 245 g/mol. The van der Waals surface area contributed by atoms with Gasteiger partial charge in [-0.25, -0.2) is 4.68 Å². The van der Waals surface area contributed by atoms with Gasteiger partial charge < -0.3 is 4.90 Å². The fraction of sp³-hybridized carbons (Fsp3) is 0.333. The third-order valence-electron chi connectivity index (χ3n) is 2.68. The van der Waals surface area contributed by atoms with Crippen LogP contribution in [0.3, 0.4) is 0 Å². The van der Waals surface area contributed by atoms with Crippen LogP contribution in [0.2, 0.25) is 0 Å². The minimum Gasteiger partial charge on any atom is -0.347 e. The van der Waals surface area contributed by atoms with Crippen molar-refractivity contribution in [1.29, 1.82) is 0 Å². The first-order valence-electron chi connectivity index (χ1n) is 5.66. The van der Waals surface area contributed by atoms with Gasteiger partial charge in [0.2, 0.25) is 5.91 Å². The summed E-state index contributed by atoms with van der Waals surface area (Å²) in [5.74, 6) is -0.0221. The summed E-state index contributed by atoms with van der Waals surface area (Å²) in [6.07, 6.45) is 2.04. The molecule has 0 saturated carbocycles. The molecule has 0 bridgehead atoms. The van der Waals surface area contributed by atoms with Crippen molar-refractivity contribution in [1.82, 2.24) is 25.1 Å². The summed E-state index contributed by atoms with van der Waals surface area (Å²) in [6, 6.07) is 9.42. The van der Waals surface area contributed by atoms with Crippen LogP contribution in [0, 0.1) is 0 Å². The molecular formula is C12H15N5O. The van der Waals surface area contributed by atoms with Crippen LogP contribution in [0.25, 0.3) is 0 Å². The molecule has 0 aliphatic heterocycles. The third-order valence-corrected chi connectivity index (χ3v) is 2.68. The molecule has 1 aromatic heterocycles. The van der Waals surface area contributed by atoms with Crippen molar-refractivity contribution in [3.63, 3.8) is 0 Å². The molecule has 2 rings (SSSR count). The van der Waals surface area contributed by atoms with Crippen molar-refractivity contribution in [3.8, 4) is 0 Å². The Morgan fingerprint density at radius 2 is 2.06 bits per heavy atom. The summed E-state index contributed by atoms with van der Waals surface area (Å²) in [7, 11) is 3.45. The number of tetrazole rings is 1. The van der Waals surface area contributed by atoms with E-state index in [1.807, 2.05) is 30.3 Å². The number of hydrogen-bond donors (Lipinski definition) is 0. The van der Waals surface area contributed by atoms with Crippen molar-refractivity contribution in [2.75, 3.05) is 14.1 Å². The number of carbonyl (C=O) groups excluding carboxylic acids is 1. The van der Waals surface area contributed by atoms with E-state index in [1.165, 1.54) is 11.0 Å². The summed E-state index contributed by atoms with van der Waals surface area (Å²) < 4.78 is 1.50. The van der Waals surface area contributed by atoms with Crippen LogP contribution in [-0.2, 0) is 11.2 Å². The lowest BCUT2D eigenvalue weighted by atomic mass is 10.1. The van der Waals surface area contributed by atoms with E-state index in [-0.39, 0.29) is 5.91 Å². The summed E-state index contributed by atoms with van der Waals surface area (Å²) in [4.78, 5) is 13.7. The molecule has 6 heteroatoms. The standard InChI is InChI=1S/C12H15N5O/c1-16(2)12(18)11(17-9-13-14-15-17)8-10-6-4-3-5-7-10/h3-7,9,11H,8H2,1-2H3/t11-/m1/s1. The summed E-state index contributed by atoms with van der Waals surface area (Å²) in [6.45, 7) is 0. The molecule has 2 aromatic rings. The van der Waals surface area contributed by atoms with Crippen LogP contribution in [-0.4, -0.2) is 45.1 Å². The predicted octanol–water partition coefficient (Wildman–Crippen LogP) is 0.545. The maximum Gasteiger partial charge on any atom is 0.247 e. The highest BCUT2D eigenvalue weighted by Crippen LogP contribution is 2.14. The van der Waals surface area contributed by atoms with Gasteiger partial charge in [0.15, 0.2) is 0 Å². The van der Waals surface area contributed by atoms with Crippen LogP contribution < -0.4 is 0 Å². The first-order valence-corrected chi connectivity index (χ1v) is 5.66. The van der Waals surface area contributed by atoms with E-state index in [9.17, 15) is 4.79 Å². The zero-order valence-corrected chi connectivity index (χ0v) is 10.4. The van der Waals surface area contributed by atoms with Gasteiger partial charge in [0.1, 0.15) is 12.4 Å². The van der Waals surface area contributed by atoms with E-state index in [0.29, 0.717) is 6.42 Å². The van der Waals surface area contributed by atoms with Crippen LogP contribution >= 0.6 is 0 Å². The van der Waals surface area contributed by atoms with Crippen molar-refractivity contribution >= 4 is 5.91 Å². The molecule has 0 saturated heterocycles. The maximum atomic E-state index is 12.2. The van der Waals surface area contributed by atoms with E-state index in [4.69, 9.17) is 0 Å². The second kappa shape index (κ2) is 5.39. The quantitative estimate of drug-likeness (QED) is 0.789. The number of nitrogens with zero attached hydrogens (tertiary/aromatic N) is 5. The second-order valence-electron chi connectivity index (χ2n) is 4.23. The van der Waals surface area contributed by atoms with Crippen LogP contribution in [0.5, 0.6) is 0 Å². The highest BCUT2D eigenvalue weighted by molar-refractivity contribution is 5.80. The lowest BCUT2D eigenvalue weighted by Crippen LogP contribution is -2.33. The Morgan fingerprint density at radius 3 is 2.61 bits per heavy atom. The Bertz CT molecular complexity index is 494. The normalized spacial score (nSPS) is 12.1. The Balaban J connectivity index is 2.23. The van der Waals surface area contributed by atoms with Gasteiger partial charge in [-0.15, -0.1) is 5.10 Å². The SMILES string of the molecule is CN(C)C(=O)[C@@H](Cc1ccccc1)n1cnnn1. The molecule has 1 heterocycles. The van der Waals surface area contributed by atoms with Crippen LogP contribution in [0.4, 0.5) is 0 Å². The van der Waals surface area contributed by atoms with E-state index < -0.39 is 6.04 Å². The minimum absolute atomic E-state index is 0.0221. The Hall–Kier alpha value is -2.24. The molecule has 0 unspecified atom stereocenters. The molecule has 0 N–H and O–H groups in total. The van der Waals surface area contributed by atoms with Gasteiger partial charge in [-0.2, -0.15) is 0 Å². The Kier molecular flexibility index (Phi) is 3.66. The maximum absolute atomic E-state index is 12.2. The third kappa shape index (κ3) is 2.71. The van der Waals surface area contributed by atoms with Gasteiger partial charge >= 0.3 is 0 Å². The van der Waals surface area contributed by atoms with Crippen LogP contribution in [0.15, 0.2) is 36.7 Å². The summed E-state index contributed by atoms with van der Waals surface area (Å²) >= 11 is 0. The number of carbonyl (C=O) groups is 1. The molecule has 94 valence electrons. The van der Waals surface area contributed by atoms with E-state index in [1.54, 1.807) is 19.0 Å². The average molecular weight is 245 g/mol. The highest BCUT2D eigenvalue weighted by atomic mass is 16.2. The van der Waals surface area contributed by atoms with Gasteiger partial charge in [0.05, 0.1) is 0 Å². The largest absolute Gasteiger partial charge is 0.347 e. The average Bonchev–Trinajstić information content (AvgIpc) is 2.90. The number of rotatable bonds is 4. The van der Waals surface area contributed by atoms with Gasteiger partial charge in [-0.3, -0.25) is 4.79 Å². The molecule has 0 aliphatic rings. The van der Waals surface area contributed by atoms with Gasteiger partial charge in [0.25, 0.3) is 0 Å². The van der Waals surface area contributed by atoms with Gasteiger partial charge in [-0.05, 0) is 16.0 Å². The lowest BCUT2D eigenvalue weighted by molar-refractivity contribution is -0.132. The zero-order chi connectivity index (χ0) is 13.0. The van der Waals surface area contributed by atoms with E-state index >= 15 is 0 Å². The smallest absolute Gasteiger partial charge is 0.247 e. The molecule has 0 fully saturated rings. The molecule has 6 nitrogen and oxygen atoms in total. The fourth-order valence-electron chi connectivity index (χ4n) is 1.74. The topological polar surface area (TPSA) is 63.9 Å². The fourth-order valence-corrected chi connectivity index (χ4v) is 1.74. The molecule has 0 radical (unpaired) electrons. The number of hydrogen-bond acceptors (Lipinski definition) is 4. The molecular weight excluding hydrogens is 230 g/mol. The van der Waals surface area contributed by atoms with Crippen molar-refractivity contribution in [2.45, 2.75) is 12.5 Å². The lowest BCUT2D eigenvalue weighted by Gasteiger charge is -2.19. The summed E-state index contributed by atoms with van der Waals surface area (Å²) in [5, 5.41) is 11.0. The predicted molar refractivity (Wildman–Crippen MR) is 65.7 cm³/mol. The van der Waals surface area contributed by atoms with Crippen molar-refractivity contribution < 1.29 is 4.79 Å². The number of benzene rings is 1. The van der Waals surface area contributed by atoms with Gasteiger partial charge in [-0.1, -0.05) is 30.3 Å². The van der Waals surface area contributed by atoms with Crippen LogP contribution in [0.1, 0.15) is 11.6 Å². The van der Waals surface area contributed by atoms with Crippen molar-refractivity contribution in [3.05, 3.63) is 42.2 Å². The Labute approximate surface area is 105 Å². The molecule has 1 atom stereocenters. The van der Waals surface area contributed by atoms with E-state index in [2.05, 4.69) is 15.5 Å². The van der Waals surface area contributed by atoms with Crippen molar-refractivity contribution in [2.24, 2.45) is 0 Å². The number of aromatic nitrogens is 4. The molecule has 1 amide bonds. The Morgan fingerprint density at radius 1 is 1.33 bits per heavy atom.